The SMILES string of the molecule is Cc1cc(C)cc(-n2nnc(C(=O)NCc3cccs3)c2N)c1. The van der Waals surface area contributed by atoms with Gasteiger partial charge in [0.25, 0.3) is 5.91 Å². The van der Waals surface area contributed by atoms with Crippen LogP contribution in [0, 0.1) is 13.8 Å². The Morgan fingerprint density at radius 3 is 2.70 bits per heavy atom. The number of thiophene rings is 1. The summed E-state index contributed by atoms with van der Waals surface area (Å²) in [6.07, 6.45) is 0. The van der Waals surface area contributed by atoms with Crippen molar-refractivity contribution in [2.45, 2.75) is 20.4 Å². The molecule has 0 unspecified atom stereocenters. The molecule has 0 fully saturated rings. The summed E-state index contributed by atoms with van der Waals surface area (Å²) < 4.78 is 1.49. The van der Waals surface area contributed by atoms with Gasteiger partial charge in [-0.2, -0.15) is 4.68 Å². The van der Waals surface area contributed by atoms with Crippen LogP contribution in [0.2, 0.25) is 0 Å². The zero-order chi connectivity index (χ0) is 16.4. The molecule has 0 aliphatic carbocycles. The summed E-state index contributed by atoms with van der Waals surface area (Å²) in [5, 5.41) is 12.7. The number of rotatable bonds is 4. The molecule has 2 aromatic heterocycles. The van der Waals surface area contributed by atoms with Crippen molar-refractivity contribution >= 4 is 23.1 Å². The highest BCUT2D eigenvalue weighted by molar-refractivity contribution is 7.09. The Bertz CT molecular complexity index is 818. The van der Waals surface area contributed by atoms with E-state index in [9.17, 15) is 4.79 Å². The Balaban J connectivity index is 1.82. The van der Waals surface area contributed by atoms with Gasteiger partial charge in [0, 0.05) is 4.88 Å². The van der Waals surface area contributed by atoms with Crippen LogP contribution >= 0.6 is 11.3 Å². The smallest absolute Gasteiger partial charge is 0.276 e. The minimum Gasteiger partial charge on any atom is -0.382 e. The normalized spacial score (nSPS) is 10.7. The van der Waals surface area contributed by atoms with Gasteiger partial charge in [-0.25, -0.2) is 0 Å². The molecule has 1 amide bonds. The first-order chi connectivity index (χ1) is 11.0. The van der Waals surface area contributed by atoms with Crippen molar-refractivity contribution in [3.8, 4) is 5.69 Å². The molecule has 23 heavy (non-hydrogen) atoms. The number of carbonyl (C=O) groups is 1. The van der Waals surface area contributed by atoms with Crippen LogP contribution < -0.4 is 11.1 Å². The number of carbonyl (C=O) groups excluding carboxylic acids is 1. The first-order valence-electron chi connectivity index (χ1n) is 7.15. The molecule has 0 saturated carbocycles. The summed E-state index contributed by atoms with van der Waals surface area (Å²) >= 11 is 1.58. The van der Waals surface area contributed by atoms with Gasteiger partial charge in [-0.15, -0.1) is 16.4 Å². The average Bonchev–Trinajstić information content (AvgIpc) is 3.13. The highest BCUT2D eigenvalue weighted by Crippen LogP contribution is 2.18. The first-order valence-corrected chi connectivity index (χ1v) is 8.03. The lowest BCUT2D eigenvalue weighted by molar-refractivity contribution is 0.0947. The Morgan fingerprint density at radius 2 is 2.04 bits per heavy atom. The number of anilines is 1. The lowest BCUT2D eigenvalue weighted by Crippen LogP contribution is -2.23. The van der Waals surface area contributed by atoms with Gasteiger partial charge in [-0.1, -0.05) is 17.3 Å². The third-order valence-corrected chi connectivity index (χ3v) is 4.25. The zero-order valence-electron chi connectivity index (χ0n) is 12.9. The fourth-order valence-electron chi connectivity index (χ4n) is 2.38. The monoisotopic (exact) mass is 327 g/mol. The molecule has 3 N–H and O–H groups in total. The van der Waals surface area contributed by atoms with E-state index in [1.54, 1.807) is 11.3 Å². The van der Waals surface area contributed by atoms with E-state index in [0.29, 0.717) is 6.54 Å². The molecule has 1 aromatic carbocycles. The predicted octanol–water partition coefficient (Wildman–Crippen LogP) is 2.46. The number of hydrogen-bond donors (Lipinski definition) is 2. The predicted molar refractivity (Wildman–Crippen MR) is 90.7 cm³/mol. The largest absolute Gasteiger partial charge is 0.382 e. The number of hydrogen-bond acceptors (Lipinski definition) is 5. The standard InChI is InChI=1S/C16H17N5OS/c1-10-6-11(2)8-12(7-10)21-15(17)14(19-20-21)16(22)18-9-13-4-3-5-23-13/h3-8H,9,17H2,1-2H3,(H,18,22). The Kier molecular flexibility index (Phi) is 4.12. The van der Waals surface area contributed by atoms with Crippen LogP contribution in [0.25, 0.3) is 5.69 Å². The van der Waals surface area contributed by atoms with Crippen LogP contribution in [0.4, 0.5) is 5.82 Å². The Labute approximate surface area is 137 Å². The molecule has 3 aromatic rings. The molecular formula is C16H17N5OS. The van der Waals surface area contributed by atoms with Crippen molar-refractivity contribution in [2.24, 2.45) is 0 Å². The molecule has 0 saturated heterocycles. The summed E-state index contributed by atoms with van der Waals surface area (Å²) in [6, 6.07) is 9.86. The summed E-state index contributed by atoms with van der Waals surface area (Å²) in [7, 11) is 0. The van der Waals surface area contributed by atoms with E-state index in [2.05, 4.69) is 21.7 Å². The second-order valence-electron chi connectivity index (χ2n) is 5.34. The van der Waals surface area contributed by atoms with Gasteiger partial charge in [0.05, 0.1) is 12.2 Å². The summed E-state index contributed by atoms with van der Waals surface area (Å²) in [5.41, 5.74) is 9.19. The molecule has 0 radical (unpaired) electrons. The number of nitrogen functional groups attached to an aromatic ring is 1. The van der Waals surface area contributed by atoms with E-state index in [1.807, 2.05) is 43.5 Å². The topological polar surface area (TPSA) is 85.8 Å². The maximum absolute atomic E-state index is 12.2. The van der Waals surface area contributed by atoms with E-state index < -0.39 is 0 Å². The quantitative estimate of drug-likeness (QED) is 0.771. The Morgan fingerprint density at radius 1 is 1.30 bits per heavy atom. The van der Waals surface area contributed by atoms with Crippen LogP contribution in [0.15, 0.2) is 35.7 Å². The van der Waals surface area contributed by atoms with E-state index in [1.165, 1.54) is 4.68 Å². The fourth-order valence-corrected chi connectivity index (χ4v) is 3.02. The van der Waals surface area contributed by atoms with Crippen molar-refractivity contribution in [3.63, 3.8) is 0 Å². The molecule has 0 bridgehead atoms. The lowest BCUT2D eigenvalue weighted by Gasteiger charge is -2.06. The molecule has 2 heterocycles. The van der Waals surface area contributed by atoms with Crippen LogP contribution in [-0.2, 0) is 6.54 Å². The van der Waals surface area contributed by atoms with Gasteiger partial charge in [-0.05, 0) is 48.6 Å². The van der Waals surface area contributed by atoms with Crippen molar-refractivity contribution < 1.29 is 4.79 Å². The van der Waals surface area contributed by atoms with Gasteiger partial charge in [0.2, 0.25) is 0 Å². The molecule has 0 aliphatic rings. The molecular weight excluding hydrogens is 310 g/mol. The van der Waals surface area contributed by atoms with Crippen molar-refractivity contribution in [2.75, 3.05) is 5.73 Å². The third kappa shape index (κ3) is 3.24. The minimum absolute atomic E-state index is 0.140. The highest BCUT2D eigenvalue weighted by atomic mass is 32.1. The molecule has 6 nitrogen and oxygen atoms in total. The van der Waals surface area contributed by atoms with Crippen LogP contribution in [-0.4, -0.2) is 20.9 Å². The molecule has 0 aliphatic heterocycles. The number of nitrogens with zero attached hydrogens (tertiary/aromatic N) is 3. The fraction of sp³-hybridized carbons (Fsp3) is 0.188. The number of aryl methyl sites for hydroxylation is 2. The number of nitrogens with one attached hydrogen (secondary N) is 1. The van der Waals surface area contributed by atoms with Gasteiger partial charge in [0.1, 0.15) is 0 Å². The van der Waals surface area contributed by atoms with Gasteiger partial charge < -0.3 is 11.1 Å². The van der Waals surface area contributed by atoms with Crippen molar-refractivity contribution in [1.82, 2.24) is 20.3 Å². The maximum atomic E-state index is 12.2. The van der Waals surface area contributed by atoms with E-state index in [4.69, 9.17) is 5.73 Å². The van der Waals surface area contributed by atoms with Gasteiger partial charge in [0.15, 0.2) is 11.5 Å². The first kappa shape index (κ1) is 15.2. The molecule has 118 valence electrons. The van der Waals surface area contributed by atoms with Crippen molar-refractivity contribution in [3.05, 3.63) is 57.4 Å². The van der Waals surface area contributed by atoms with Crippen LogP contribution in [0.5, 0.6) is 0 Å². The molecule has 7 heteroatoms. The number of aromatic nitrogens is 3. The second-order valence-corrected chi connectivity index (χ2v) is 6.38. The van der Waals surface area contributed by atoms with E-state index >= 15 is 0 Å². The second kappa shape index (κ2) is 6.21. The summed E-state index contributed by atoms with van der Waals surface area (Å²) in [4.78, 5) is 13.3. The average molecular weight is 327 g/mol. The van der Waals surface area contributed by atoms with Gasteiger partial charge in [-0.3, -0.25) is 4.79 Å². The van der Waals surface area contributed by atoms with Gasteiger partial charge >= 0.3 is 0 Å². The number of benzene rings is 1. The molecule has 0 atom stereocenters. The zero-order valence-corrected chi connectivity index (χ0v) is 13.7. The summed E-state index contributed by atoms with van der Waals surface area (Å²) in [6.45, 7) is 4.45. The van der Waals surface area contributed by atoms with Crippen molar-refractivity contribution in [1.29, 1.82) is 0 Å². The molecule has 0 spiro atoms. The number of amides is 1. The summed E-state index contributed by atoms with van der Waals surface area (Å²) in [5.74, 6) is -0.0924. The Hall–Kier alpha value is -2.67. The maximum Gasteiger partial charge on any atom is 0.276 e. The van der Waals surface area contributed by atoms with Crippen LogP contribution in [0.3, 0.4) is 0 Å². The minimum atomic E-state index is -0.327. The lowest BCUT2D eigenvalue weighted by atomic mass is 10.1. The highest BCUT2D eigenvalue weighted by Gasteiger charge is 2.18. The van der Waals surface area contributed by atoms with E-state index in [-0.39, 0.29) is 17.4 Å². The molecule has 3 rings (SSSR count). The van der Waals surface area contributed by atoms with Crippen LogP contribution in [0.1, 0.15) is 26.5 Å². The third-order valence-electron chi connectivity index (χ3n) is 3.37. The van der Waals surface area contributed by atoms with E-state index in [0.717, 1.165) is 21.7 Å². The number of nitrogens with two attached hydrogens (primary N) is 1.